The summed E-state index contributed by atoms with van der Waals surface area (Å²) in [5.41, 5.74) is 5.35. The molecule has 0 heterocycles. The van der Waals surface area contributed by atoms with E-state index < -0.39 is 26.5 Å². The number of rotatable bonds is 45. The summed E-state index contributed by atoms with van der Waals surface area (Å²) in [5.74, 6) is -0.810. The molecule has 0 fully saturated rings. The Balaban J connectivity index is 4.02. The Morgan fingerprint density at radius 1 is 0.473 bits per heavy atom. The fourth-order valence-corrected chi connectivity index (χ4v) is 7.76. The molecule has 0 aliphatic carbocycles. The zero-order valence-electron chi connectivity index (χ0n) is 36.2. The maximum Gasteiger partial charge on any atom is 0.472 e. The Labute approximate surface area is 339 Å². The highest BCUT2D eigenvalue weighted by Crippen LogP contribution is 2.43. The van der Waals surface area contributed by atoms with E-state index in [9.17, 15) is 19.0 Å². The van der Waals surface area contributed by atoms with E-state index in [1.54, 1.807) is 0 Å². The molecule has 0 amide bonds. The van der Waals surface area contributed by atoms with Gasteiger partial charge in [-0.1, -0.05) is 219 Å². The van der Waals surface area contributed by atoms with Crippen LogP contribution in [0.5, 0.6) is 0 Å². The molecule has 0 spiro atoms. The van der Waals surface area contributed by atoms with E-state index in [-0.39, 0.29) is 38.6 Å². The first kappa shape index (κ1) is 54.0. The van der Waals surface area contributed by atoms with Crippen LogP contribution >= 0.6 is 7.82 Å². The lowest BCUT2D eigenvalue weighted by atomic mass is 10.0. The summed E-state index contributed by atoms with van der Waals surface area (Å²) >= 11 is 0. The van der Waals surface area contributed by atoms with E-state index in [4.69, 9.17) is 24.3 Å². The molecule has 328 valence electrons. The lowest BCUT2D eigenvalue weighted by Gasteiger charge is -2.19. The van der Waals surface area contributed by atoms with E-state index in [0.717, 1.165) is 32.1 Å². The molecule has 0 aromatic heterocycles. The number of hydrogen-bond donors (Lipinski definition) is 2. The third kappa shape index (κ3) is 42.4. The number of unbranched alkanes of at least 4 members (excludes halogenated alkanes) is 32. The second-order valence-electron chi connectivity index (χ2n) is 16.0. The Hall–Kier alpha value is -0.990. The summed E-state index contributed by atoms with van der Waals surface area (Å²) in [4.78, 5) is 34.9. The van der Waals surface area contributed by atoms with Gasteiger partial charge in [-0.3, -0.25) is 18.6 Å². The molecule has 55 heavy (non-hydrogen) atoms. The Kier molecular flexibility index (Phi) is 41.8. The molecular formula is C45H90NO8P. The van der Waals surface area contributed by atoms with Crippen LogP contribution in [0, 0.1) is 0 Å². The van der Waals surface area contributed by atoms with Crippen molar-refractivity contribution in [3.8, 4) is 0 Å². The SMILES string of the molecule is CCCCCCCCCCCCCCCCCCCCCCC(=O)OCC(COP(=O)(O)OCCN)OC(=O)CCCCCCCCCCCCCCCC. The fourth-order valence-electron chi connectivity index (χ4n) is 6.99. The molecule has 0 aromatic carbocycles. The van der Waals surface area contributed by atoms with Crippen LogP contribution in [0.4, 0.5) is 0 Å². The van der Waals surface area contributed by atoms with Crippen molar-refractivity contribution < 1.29 is 37.6 Å². The number of phosphoric acid groups is 1. The summed E-state index contributed by atoms with van der Waals surface area (Å²) in [6.07, 6.45) is 42.8. The van der Waals surface area contributed by atoms with E-state index in [2.05, 4.69) is 13.8 Å². The summed E-state index contributed by atoms with van der Waals surface area (Å²) in [6.45, 7) is 3.78. The van der Waals surface area contributed by atoms with Crippen molar-refractivity contribution in [2.45, 2.75) is 251 Å². The molecule has 0 saturated carbocycles. The van der Waals surface area contributed by atoms with E-state index in [0.29, 0.717) is 6.42 Å². The first-order chi connectivity index (χ1) is 26.8. The van der Waals surface area contributed by atoms with Crippen LogP contribution in [0.2, 0.25) is 0 Å². The van der Waals surface area contributed by atoms with Crippen LogP contribution in [0.15, 0.2) is 0 Å². The molecule has 0 rings (SSSR count). The first-order valence-electron chi connectivity index (χ1n) is 23.5. The fraction of sp³-hybridized carbons (Fsp3) is 0.956. The molecule has 3 N–H and O–H groups in total. The van der Waals surface area contributed by atoms with Gasteiger partial charge >= 0.3 is 19.8 Å². The summed E-state index contributed by atoms with van der Waals surface area (Å²) < 4.78 is 32.8. The molecule has 0 radical (unpaired) electrons. The molecule has 9 nitrogen and oxygen atoms in total. The number of phosphoric ester groups is 1. The van der Waals surface area contributed by atoms with Gasteiger partial charge in [-0.2, -0.15) is 0 Å². The quantitative estimate of drug-likeness (QED) is 0.0350. The lowest BCUT2D eigenvalue weighted by molar-refractivity contribution is -0.161. The highest BCUT2D eigenvalue weighted by Gasteiger charge is 2.26. The largest absolute Gasteiger partial charge is 0.472 e. The minimum atomic E-state index is -4.37. The molecule has 10 heteroatoms. The van der Waals surface area contributed by atoms with E-state index in [1.807, 2.05) is 0 Å². The Morgan fingerprint density at radius 2 is 0.782 bits per heavy atom. The standard InChI is InChI=1S/C45H90NO8P/c1-3-5-7-9-11-13-15-17-19-20-21-22-23-24-26-27-29-31-33-35-37-44(47)51-41-43(42-53-55(49,50)52-40-39-46)54-45(48)38-36-34-32-30-28-25-18-16-14-12-10-8-6-4-2/h43H,3-42,46H2,1-2H3,(H,49,50). The average Bonchev–Trinajstić information content (AvgIpc) is 3.17. The Morgan fingerprint density at radius 3 is 1.11 bits per heavy atom. The predicted octanol–water partition coefficient (Wildman–Crippen LogP) is 13.6. The smallest absolute Gasteiger partial charge is 0.462 e. The van der Waals surface area contributed by atoms with Crippen LogP contribution in [0.25, 0.3) is 0 Å². The topological polar surface area (TPSA) is 134 Å². The second kappa shape index (κ2) is 42.6. The number of ether oxygens (including phenoxy) is 2. The van der Waals surface area contributed by atoms with Crippen molar-refractivity contribution >= 4 is 19.8 Å². The minimum Gasteiger partial charge on any atom is -0.462 e. The van der Waals surface area contributed by atoms with Crippen molar-refractivity contribution in [3.63, 3.8) is 0 Å². The van der Waals surface area contributed by atoms with Gasteiger partial charge in [0.25, 0.3) is 0 Å². The normalized spacial score (nSPS) is 13.2. The number of carbonyl (C=O) groups excluding carboxylic acids is 2. The van der Waals surface area contributed by atoms with Gasteiger partial charge in [0.2, 0.25) is 0 Å². The van der Waals surface area contributed by atoms with Gasteiger partial charge in [-0.05, 0) is 12.8 Å². The zero-order valence-corrected chi connectivity index (χ0v) is 37.1. The maximum atomic E-state index is 12.6. The van der Waals surface area contributed by atoms with Crippen molar-refractivity contribution in [2.75, 3.05) is 26.4 Å². The molecule has 2 unspecified atom stereocenters. The molecule has 0 aromatic rings. The molecule has 0 aliphatic rings. The number of hydrogen-bond acceptors (Lipinski definition) is 8. The van der Waals surface area contributed by atoms with Crippen LogP contribution in [-0.4, -0.2) is 49.3 Å². The first-order valence-corrected chi connectivity index (χ1v) is 25.0. The van der Waals surface area contributed by atoms with Crippen LogP contribution in [-0.2, 0) is 32.7 Å². The van der Waals surface area contributed by atoms with Crippen LogP contribution in [0.1, 0.15) is 245 Å². The number of carbonyl (C=O) groups is 2. The zero-order chi connectivity index (χ0) is 40.3. The van der Waals surface area contributed by atoms with Gasteiger partial charge in [0.1, 0.15) is 6.61 Å². The van der Waals surface area contributed by atoms with Crippen LogP contribution in [0.3, 0.4) is 0 Å². The maximum absolute atomic E-state index is 12.6. The Bertz CT molecular complexity index is 876. The van der Waals surface area contributed by atoms with E-state index in [1.165, 1.54) is 180 Å². The molecule has 0 saturated heterocycles. The van der Waals surface area contributed by atoms with Crippen molar-refractivity contribution in [1.29, 1.82) is 0 Å². The number of nitrogens with two attached hydrogens (primary N) is 1. The number of esters is 2. The predicted molar refractivity (Wildman–Crippen MR) is 229 cm³/mol. The second-order valence-corrected chi connectivity index (χ2v) is 17.4. The highest BCUT2D eigenvalue weighted by molar-refractivity contribution is 7.47. The van der Waals surface area contributed by atoms with E-state index >= 15 is 0 Å². The van der Waals surface area contributed by atoms with Gasteiger partial charge in [-0.15, -0.1) is 0 Å². The summed E-state index contributed by atoms with van der Waals surface area (Å²) in [5, 5.41) is 0. The average molecular weight is 804 g/mol. The summed E-state index contributed by atoms with van der Waals surface area (Å²) in [6, 6.07) is 0. The van der Waals surface area contributed by atoms with Gasteiger partial charge < -0.3 is 20.1 Å². The van der Waals surface area contributed by atoms with Crippen molar-refractivity contribution in [2.24, 2.45) is 5.73 Å². The van der Waals surface area contributed by atoms with Gasteiger partial charge in [0.15, 0.2) is 6.10 Å². The van der Waals surface area contributed by atoms with Gasteiger partial charge in [0, 0.05) is 19.4 Å². The van der Waals surface area contributed by atoms with Gasteiger partial charge in [-0.25, -0.2) is 4.57 Å². The highest BCUT2D eigenvalue weighted by atomic mass is 31.2. The molecular weight excluding hydrogens is 713 g/mol. The van der Waals surface area contributed by atoms with Gasteiger partial charge in [0.05, 0.1) is 13.2 Å². The van der Waals surface area contributed by atoms with Crippen molar-refractivity contribution in [3.05, 3.63) is 0 Å². The third-order valence-electron chi connectivity index (χ3n) is 10.5. The van der Waals surface area contributed by atoms with Crippen molar-refractivity contribution in [1.82, 2.24) is 0 Å². The molecule has 2 atom stereocenters. The lowest BCUT2D eigenvalue weighted by Crippen LogP contribution is -2.29. The monoisotopic (exact) mass is 804 g/mol. The molecule has 0 aliphatic heterocycles. The van der Waals surface area contributed by atoms with Crippen LogP contribution < -0.4 is 5.73 Å². The molecule has 0 bridgehead atoms. The minimum absolute atomic E-state index is 0.0582. The third-order valence-corrected chi connectivity index (χ3v) is 11.5. The summed E-state index contributed by atoms with van der Waals surface area (Å²) in [7, 11) is -4.37.